The fourth-order valence-corrected chi connectivity index (χ4v) is 2.46. The van der Waals surface area contributed by atoms with Gasteiger partial charge in [-0.3, -0.25) is 0 Å². The summed E-state index contributed by atoms with van der Waals surface area (Å²) in [5.41, 5.74) is 5.50. The highest BCUT2D eigenvalue weighted by atomic mass is 79.9. The van der Waals surface area contributed by atoms with Crippen LogP contribution < -0.4 is 0 Å². The fourth-order valence-electron chi connectivity index (χ4n) is 1.58. The molecule has 0 aliphatic carbocycles. The molecule has 0 radical (unpaired) electrons. The van der Waals surface area contributed by atoms with E-state index in [9.17, 15) is 0 Å². The SMILES string of the molecule is C=CCc1cc(C)c(CBr)c(C)c1. The zero-order valence-electron chi connectivity index (χ0n) is 8.23. The first kappa shape index (κ1) is 10.5. The van der Waals surface area contributed by atoms with Gasteiger partial charge in [0.2, 0.25) is 0 Å². The first-order valence-corrected chi connectivity index (χ1v) is 5.57. The maximum Gasteiger partial charge on any atom is 0.0288 e. The number of aryl methyl sites for hydroxylation is 2. The van der Waals surface area contributed by atoms with Crippen molar-refractivity contribution in [1.82, 2.24) is 0 Å². The molecule has 1 rings (SSSR count). The van der Waals surface area contributed by atoms with Gasteiger partial charge in [-0.05, 0) is 42.5 Å². The minimum absolute atomic E-state index is 0.943. The topological polar surface area (TPSA) is 0 Å². The predicted molar refractivity (Wildman–Crippen MR) is 62.4 cm³/mol. The summed E-state index contributed by atoms with van der Waals surface area (Å²) in [5, 5.41) is 0.943. The molecule has 1 heteroatoms. The molecule has 1 aromatic rings. The largest absolute Gasteiger partial charge is 0.103 e. The number of halogens is 1. The van der Waals surface area contributed by atoms with Crippen LogP contribution in [0.1, 0.15) is 22.3 Å². The highest BCUT2D eigenvalue weighted by Gasteiger charge is 2.02. The Balaban J connectivity index is 3.12. The van der Waals surface area contributed by atoms with E-state index >= 15 is 0 Å². The van der Waals surface area contributed by atoms with Crippen molar-refractivity contribution in [1.29, 1.82) is 0 Å². The third kappa shape index (κ3) is 2.44. The van der Waals surface area contributed by atoms with Gasteiger partial charge in [0.15, 0.2) is 0 Å². The summed E-state index contributed by atoms with van der Waals surface area (Å²) in [6.07, 6.45) is 2.91. The van der Waals surface area contributed by atoms with Gasteiger partial charge >= 0.3 is 0 Å². The van der Waals surface area contributed by atoms with Gasteiger partial charge in [0, 0.05) is 5.33 Å². The predicted octanol–water partition coefficient (Wildman–Crippen LogP) is 3.93. The Morgan fingerprint density at radius 2 is 1.85 bits per heavy atom. The molecule has 0 N–H and O–H groups in total. The summed E-state index contributed by atoms with van der Waals surface area (Å²) in [5.74, 6) is 0. The molecule has 1 aromatic carbocycles. The Bertz CT molecular complexity index is 290. The number of benzene rings is 1. The molecule has 0 spiro atoms. The van der Waals surface area contributed by atoms with Crippen molar-refractivity contribution in [2.45, 2.75) is 25.6 Å². The number of rotatable bonds is 3. The van der Waals surface area contributed by atoms with Gasteiger partial charge in [0.05, 0.1) is 0 Å². The molecule has 0 fully saturated rings. The minimum atomic E-state index is 0.943. The average Bonchev–Trinajstić information content (AvgIpc) is 2.04. The quantitative estimate of drug-likeness (QED) is 0.553. The van der Waals surface area contributed by atoms with Crippen LogP contribution in [0.2, 0.25) is 0 Å². The van der Waals surface area contributed by atoms with E-state index in [0.29, 0.717) is 0 Å². The Hall–Kier alpha value is -0.560. The van der Waals surface area contributed by atoms with E-state index in [4.69, 9.17) is 0 Å². The summed E-state index contributed by atoms with van der Waals surface area (Å²) in [4.78, 5) is 0. The van der Waals surface area contributed by atoms with Gasteiger partial charge in [-0.1, -0.05) is 34.1 Å². The van der Waals surface area contributed by atoms with E-state index in [2.05, 4.69) is 48.5 Å². The van der Waals surface area contributed by atoms with Crippen LogP contribution >= 0.6 is 15.9 Å². The van der Waals surface area contributed by atoms with Crippen LogP contribution in [0, 0.1) is 13.8 Å². The van der Waals surface area contributed by atoms with Crippen molar-refractivity contribution in [2.24, 2.45) is 0 Å². The maximum absolute atomic E-state index is 3.75. The van der Waals surface area contributed by atoms with Crippen LogP contribution in [-0.2, 0) is 11.8 Å². The van der Waals surface area contributed by atoms with E-state index < -0.39 is 0 Å². The van der Waals surface area contributed by atoms with Crippen molar-refractivity contribution in [3.63, 3.8) is 0 Å². The van der Waals surface area contributed by atoms with Crippen molar-refractivity contribution >= 4 is 15.9 Å². The van der Waals surface area contributed by atoms with Crippen molar-refractivity contribution < 1.29 is 0 Å². The average molecular weight is 239 g/mol. The lowest BCUT2D eigenvalue weighted by Gasteiger charge is -2.09. The molecular formula is C12H15Br. The first-order chi connectivity index (χ1) is 6.19. The lowest BCUT2D eigenvalue weighted by atomic mass is 9.99. The van der Waals surface area contributed by atoms with Crippen LogP contribution in [-0.4, -0.2) is 0 Å². The van der Waals surface area contributed by atoms with Crippen LogP contribution in [0.3, 0.4) is 0 Å². The van der Waals surface area contributed by atoms with Crippen molar-refractivity contribution in [3.8, 4) is 0 Å². The molecule has 0 aromatic heterocycles. The first-order valence-electron chi connectivity index (χ1n) is 4.45. The number of hydrogen-bond acceptors (Lipinski definition) is 0. The van der Waals surface area contributed by atoms with E-state index in [1.54, 1.807) is 0 Å². The van der Waals surface area contributed by atoms with Crippen molar-refractivity contribution in [3.05, 3.63) is 47.0 Å². The Morgan fingerprint density at radius 1 is 1.31 bits per heavy atom. The van der Waals surface area contributed by atoms with Crippen molar-refractivity contribution in [2.75, 3.05) is 0 Å². The van der Waals surface area contributed by atoms with Crippen LogP contribution in [0.4, 0.5) is 0 Å². The molecule has 0 aliphatic rings. The van der Waals surface area contributed by atoms with Crippen LogP contribution in [0.25, 0.3) is 0 Å². The summed E-state index contributed by atoms with van der Waals surface area (Å²) < 4.78 is 0. The Kier molecular flexibility index (Phi) is 3.73. The van der Waals surface area contributed by atoms with Gasteiger partial charge in [-0.2, -0.15) is 0 Å². The second-order valence-electron chi connectivity index (χ2n) is 3.33. The van der Waals surface area contributed by atoms with Gasteiger partial charge in [-0.15, -0.1) is 6.58 Å². The highest BCUT2D eigenvalue weighted by Crippen LogP contribution is 2.19. The van der Waals surface area contributed by atoms with Crippen LogP contribution in [0.15, 0.2) is 24.8 Å². The molecule has 0 saturated heterocycles. The monoisotopic (exact) mass is 238 g/mol. The van der Waals surface area contributed by atoms with Gasteiger partial charge in [0.1, 0.15) is 0 Å². The Labute approximate surface area is 88.8 Å². The fraction of sp³-hybridized carbons (Fsp3) is 0.333. The molecule has 0 saturated carbocycles. The zero-order chi connectivity index (χ0) is 9.84. The molecule has 0 unspecified atom stereocenters. The van der Waals surface area contributed by atoms with E-state index in [0.717, 1.165) is 11.8 Å². The molecular weight excluding hydrogens is 224 g/mol. The molecule has 0 heterocycles. The minimum Gasteiger partial charge on any atom is -0.103 e. The van der Waals surface area contributed by atoms with Crippen LogP contribution in [0.5, 0.6) is 0 Å². The van der Waals surface area contributed by atoms with E-state index in [-0.39, 0.29) is 0 Å². The summed E-state index contributed by atoms with van der Waals surface area (Å²) in [6.45, 7) is 8.07. The molecule has 0 bridgehead atoms. The lowest BCUT2D eigenvalue weighted by molar-refractivity contribution is 1.18. The second-order valence-corrected chi connectivity index (χ2v) is 3.90. The Morgan fingerprint density at radius 3 is 2.23 bits per heavy atom. The van der Waals surface area contributed by atoms with E-state index in [1.807, 2.05) is 6.08 Å². The number of hydrogen-bond donors (Lipinski definition) is 0. The smallest absolute Gasteiger partial charge is 0.0288 e. The third-order valence-corrected chi connectivity index (χ3v) is 2.83. The number of alkyl halides is 1. The molecule has 0 nitrogen and oxygen atoms in total. The van der Waals surface area contributed by atoms with Gasteiger partial charge < -0.3 is 0 Å². The van der Waals surface area contributed by atoms with Gasteiger partial charge in [-0.25, -0.2) is 0 Å². The van der Waals surface area contributed by atoms with E-state index in [1.165, 1.54) is 22.3 Å². The summed E-state index contributed by atoms with van der Waals surface area (Å²) in [7, 11) is 0. The third-order valence-electron chi connectivity index (χ3n) is 2.27. The lowest BCUT2D eigenvalue weighted by Crippen LogP contribution is -1.93. The molecule has 0 aliphatic heterocycles. The highest BCUT2D eigenvalue weighted by molar-refractivity contribution is 9.08. The second kappa shape index (κ2) is 4.61. The molecule has 0 atom stereocenters. The summed E-state index contributed by atoms with van der Waals surface area (Å²) >= 11 is 3.50. The normalized spacial score (nSPS) is 10.1. The summed E-state index contributed by atoms with van der Waals surface area (Å²) in [6, 6.07) is 4.48. The molecule has 70 valence electrons. The van der Waals surface area contributed by atoms with Gasteiger partial charge in [0.25, 0.3) is 0 Å². The standard InChI is InChI=1S/C12H15Br/c1-4-5-11-6-9(2)12(8-13)10(3)7-11/h4,6-7H,1,5,8H2,2-3H3. The molecule has 0 amide bonds. The number of allylic oxidation sites excluding steroid dienone is 1. The maximum atomic E-state index is 3.75. The zero-order valence-corrected chi connectivity index (χ0v) is 9.82. The molecule has 13 heavy (non-hydrogen) atoms.